The summed E-state index contributed by atoms with van der Waals surface area (Å²) in [6, 6.07) is 6.46. The number of ether oxygens (including phenoxy) is 1. The summed E-state index contributed by atoms with van der Waals surface area (Å²) in [6.07, 6.45) is 4.02. The van der Waals surface area contributed by atoms with Crippen LogP contribution in [0.5, 0.6) is 5.75 Å². The van der Waals surface area contributed by atoms with Gasteiger partial charge in [-0.3, -0.25) is 10.1 Å². The summed E-state index contributed by atoms with van der Waals surface area (Å²) < 4.78 is 7.23. The molecule has 6 heteroatoms. The van der Waals surface area contributed by atoms with Crippen LogP contribution < -0.4 is 4.74 Å². The van der Waals surface area contributed by atoms with Crippen molar-refractivity contribution in [2.75, 3.05) is 7.11 Å². The molecule has 0 radical (unpaired) electrons. The van der Waals surface area contributed by atoms with E-state index in [-0.39, 0.29) is 5.69 Å². The number of aromatic nitrogens is 1. The molecule has 1 unspecified atom stereocenters. The first kappa shape index (κ1) is 13.6. The standard InChI is InChI=1S/C15H16N2O4/c1-21-15-9-10(17(19)20)5-6-13(15)16-8-7-11-12(16)3-2-4-14(11)18/h5-9,14,18H,2-4H2,1H3. The third-order valence-electron chi connectivity index (χ3n) is 3.91. The van der Waals surface area contributed by atoms with E-state index in [1.54, 1.807) is 6.07 Å². The molecule has 1 aliphatic rings. The Hall–Kier alpha value is -2.34. The monoisotopic (exact) mass is 288 g/mol. The van der Waals surface area contributed by atoms with Gasteiger partial charge in [-0.25, -0.2) is 0 Å². The van der Waals surface area contributed by atoms with Crippen molar-refractivity contribution in [3.05, 3.63) is 51.8 Å². The largest absolute Gasteiger partial charge is 0.494 e. The van der Waals surface area contributed by atoms with Crippen molar-refractivity contribution in [3.8, 4) is 11.4 Å². The maximum absolute atomic E-state index is 10.9. The molecule has 0 spiro atoms. The Morgan fingerprint density at radius 3 is 2.95 bits per heavy atom. The van der Waals surface area contributed by atoms with Gasteiger partial charge in [0.25, 0.3) is 5.69 Å². The number of rotatable bonds is 3. The number of aliphatic hydroxyl groups excluding tert-OH is 1. The summed E-state index contributed by atoms with van der Waals surface area (Å²) in [5, 5.41) is 20.9. The van der Waals surface area contributed by atoms with Gasteiger partial charge >= 0.3 is 0 Å². The van der Waals surface area contributed by atoms with Gasteiger partial charge in [-0.2, -0.15) is 0 Å². The molecule has 0 saturated carbocycles. The SMILES string of the molecule is COc1cc([N+](=O)[O-])ccc1-n1ccc2c1CCCC2O. The summed E-state index contributed by atoms with van der Waals surface area (Å²) >= 11 is 0. The van der Waals surface area contributed by atoms with Crippen LogP contribution in [0.4, 0.5) is 5.69 Å². The van der Waals surface area contributed by atoms with Gasteiger partial charge < -0.3 is 14.4 Å². The first-order valence-corrected chi connectivity index (χ1v) is 6.83. The van der Waals surface area contributed by atoms with Crippen molar-refractivity contribution in [1.29, 1.82) is 0 Å². The molecule has 3 rings (SSSR count). The molecule has 0 aliphatic heterocycles. The van der Waals surface area contributed by atoms with Gasteiger partial charge in [0.15, 0.2) is 0 Å². The maximum atomic E-state index is 10.9. The molecule has 1 heterocycles. The van der Waals surface area contributed by atoms with Gasteiger partial charge in [0.2, 0.25) is 0 Å². The molecule has 6 nitrogen and oxygen atoms in total. The van der Waals surface area contributed by atoms with Gasteiger partial charge in [-0.15, -0.1) is 0 Å². The molecule has 21 heavy (non-hydrogen) atoms. The van der Waals surface area contributed by atoms with Crippen LogP contribution in [0.1, 0.15) is 30.2 Å². The van der Waals surface area contributed by atoms with Crippen molar-refractivity contribution >= 4 is 5.69 Å². The van der Waals surface area contributed by atoms with Gasteiger partial charge in [0.05, 0.1) is 29.9 Å². The smallest absolute Gasteiger partial charge is 0.273 e. The van der Waals surface area contributed by atoms with E-state index < -0.39 is 11.0 Å². The van der Waals surface area contributed by atoms with Gasteiger partial charge in [0.1, 0.15) is 5.75 Å². The minimum Gasteiger partial charge on any atom is -0.494 e. The van der Waals surface area contributed by atoms with Crippen molar-refractivity contribution in [2.24, 2.45) is 0 Å². The molecule has 1 aromatic carbocycles. The fourth-order valence-corrected chi connectivity index (χ4v) is 2.87. The normalized spacial score (nSPS) is 17.3. The van der Waals surface area contributed by atoms with Crippen molar-refractivity contribution < 1.29 is 14.8 Å². The highest BCUT2D eigenvalue weighted by Crippen LogP contribution is 2.35. The number of nitro benzene ring substituents is 1. The summed E-state index contributed by atoms with van der Waals surface area (Å²) in [6.45, 7) is 0. The summed E-state index contributed by atoms with van der Waals surface area (Å²) in [7, 11) is 1.49. The molecule has 1 aliphatic carbocycles. The minimum absolute atomic E-state index is 0.00309. The number of aliphatic hydroxyl groups is 1. The van der Waals surface area contributed by atoms with E-state index in [9.17, 15) is 15.2 Å². The van der Waals surface area contributed by atoms with E-state index in [1.165, 1.54) is 19.2 Å². The molecule has 1 N–H and O–H groups in total. The molecular weight excluding hydrogens is 272 g/mol. The van der Waals surface area contributed by atoms with E-state index in [2.05, 4.69) is 0 Å². The Bertz CT molecular complexity index is 693. The zero-order chi connectivity index (χ0) is 15.0. The number of benzene rings is 1. The fourth-order valence-electron chi connectivity index (χ4n) is 2.87. The van der Waals surface area contributed by atoms with E-state index >= 15 is 0 Å². The van der Waals surface area contributed by atoms with Crippen LogP contribution in [-0.2, 0) is 6.42 Å². The van der Waals surface area contributed by atoms with Gasteiger partial charge in [-0.1, -0.05) is 0 Å². The lowest BCUT2D eigenvalue weighted by atomic mass is 9.95. The van der Waals surface area contributed by atoms with Crippen molar-refractivity contribution in [3.63, 3.8) is 0 Å². The van der Waals surface area contributed by atoms with Crippen LogP contribution in [0.15, 0.2) is 30.5 Å². The van der Waals surface area contributed by atoms with Crippen molar-refractivity contribution in [2.45, 2.75) is 25.4 Å². The van der Waals surface area contributed by atoms with Gasteiger partial charge in [0, 0.05) is 23.5 Å². The summed E-state index contributed by atoms with van der Waals surface area (Å²) in [5.74, 6) is 0.447. The van der Waals surface area contributed by atoms with E-state index in [0.717, 1.165) is 36.2 Å². The third-order valence-corrected chi connectivity index (χ3v) is 3.91. The second-order valence-corrected chi connectivity index (χ2v) is 5.11. The average Bonchev–Trinajstić information content (AvgIpc) is 2.91. The third kappa shape index (κ3) is 2.27. The van der Waals surface area contributed by atoms with Crippen LogP contribution in [-0.4, -0.2) is 21.7 Å². The molecule has 1 atom stereocenters. The number of non-ortho nitro benzene ring substituents is 1. The lowest BCUT2D eigenvalue weighted by molar-refractivity contribution is -0.384. The minimum atomic E-state index is -0.443. The Morgan fingerprint density at radius 2 is 2.24 bits per heavy atom. The fraction of sp³-hybridized carbons (Fsp3) is 0.333. The molecule has 0 fully saturated rings. The topological polar surface area (TPSA) is 77.5 Å². The molecular formula is C15H16N2O4. The summed E-state index contributed by atoms with van der Waals surface area (Å²) in [4.78, 5) is 10.4. The lowest BCUT2D eigenvalue weighted by Gasteiger charge is -2.21. The predicted octanol–water partition coefficient (Wildman–Crippen LogP) is 2.76. The highest BCUT2D eigenvalue weighted by atomic mass is 16.6. The van der Waals surface area contributed by atoms with Crippen LogP contribution >= 0.6 is 0 Å². The van der Waals surface area contributed by atoms with Crippen LogP contribution in [0.3, 0.4) is 0 Å². The van der Waals surface area contributed by atoms with E-state index in [0.29, 0.717) is 5.75 Å². The van der Waals surface area contributed by atoms with Gasteiger partial charge in [-0.05, 0) is 31.4 Å². The van der Waals surface area contributed by atoms with Crippen LogP contribution in [0.25, 0.3) is 5.69 Å². The first-order chi connectivity index (χ1) is 10.1. The van der Waals surface area contributed by atoms with Crippen molar-refractivity contribution in [1.82, 2.24) is 4.57 Å². The lowest BCUT2D eigenvalue weighted by Crippen LogP contribution is -2.11. The number of hydrogen-bond acceptors (Lipinski definition) is 4. The highest BCUT2D eigenvalue weighted by molar-refractivity contribution is 5.55. The van der Waals surface area contributed by atoms with E-state index in [1.807, 2.05) is 16.8 Å². The van der Waals surface area contributed by atoms with E-state index in [4.69, 9.17) is 4.74 Å². The quantitative estimate of drug-likeness (QED) is 0.696. The second-order valence-electron chi connectivity index (χ2n) is 5.11. The maximum Gasteiger partial charge on any atom is 0.273 e. The molecule has 110 valence electrons. The number of methoxy groups -OCH3 is 1. The number of fused-ring (bicyclic) bond motifs is 1. The molecule has 0 saturated heterocycles. The molecule has 2 aromatic rings. The molecule has 0 bridgehead atoms. The number of nitrogens with zero attached hydrogens (tertiary/aromatic N) is 2. The summed E-state index contributed by atoms with van der Waals surface area (Å²) in [5.41, 5.74) is 2.72. The molecule has 0 amide bonds. The number of hydrogen-bond donors (Lipinski definition) is 1. The van der Waals surface area contributed by atoms with Crippen LogP contribution in [0, 0.1) is 10.1 Å². The number of nitro groups is 1. The average molecular weight is 288 g/mol. The Labute approximate surface area is 121 Å². The Balaban J connectivity index is 2.11. The Morgan fingerprint density at radius 1 is 1.43 bits per heavy atom. The zero-order valence-corrected chi connectivity index (χ0v) is 11.7. The zero-order valence-electron chi connectivity index (χ0n) is 11.7. The highest BCUT2D eigenvalue weighted by Gasteiger charge is 2.23. The Kier molecular flexibility index (Phi) is 3.39. The predicted molar refractivity (Wildman–Crippen MR) is 76.9 cm³/mol. The second kappa shape index (κ2) is 5.21. The molecule has 1 aromatic heterocycles. The van der Waals surface area contributed by atoms with Crippen LogP contribution in [0.2, 0.25) is 0 Å². The first-order valence-electron chi connectivity index (χ1n) is 6.83.